The highest BCUT2D eigenvalue weighted by Crippen LogP contribution is 2.39. The molecule has 1 aromatic rings. The van der Waals surface area contributed by atoms with Gasteiger partial charge in [-0.05, 0) is 49.4 Å². The minimum absolute atomic E-state index is 0.227. The zero-order chi connectivity index (χ0) is 16.8. The minimum Gasteiger partial charge on any atom is -0.399 e. The summed E-state index contributed by atoms with van der Waals surface area (Å²) in [7, 11) is 0. The molecule has 0 aromatic heterocycles. The van der Waals surface area contributed by atoms with Crippen molar-refractivity contribution in [3.63, 3.8) is 0 Å². The summed E-state index contributed by atoms with van der Waals surface area (Å²) in [6, 6.07) is 7.66. The van der Waals surface area contributed by atoms with Crippen LogP contribution in [0.1, 0.15) is 31.7 Å². The number of nitrogens with one attached hydrogen (secondary N) is 2. The maximum Gasteiger partial charge on any atom is 0.0974 e. The van der Waals surface area contributed by atoms with Gasteiger partial charge in [0, 0.05) is 29.5 Å². The van der Waals surface area contributed by atoms with Gasteiger partial charge in [0.25, 0.3) is 0 Å². The molecule has 0 heterocycles. The van der Waals surface area contributed by atoms with E-state index in [0.717, 1.165) is 30.8 Å². The van der Waals surface area contributed by atoms with E-state index in [1.54, 1.807) is 0 Å². The molecule has 1 aromatic carbocycles. The molecular formula is C19H29N3O. The van der Waals surface area contributed by atoms with Crippen molar-refractivity contribution in [2.45, 2.75) is 32.3 Å². The van der Waals surface area contributed by atoms with E-state index in [2.05, 4.69) is 30.7 Å². The molecule has 1 saturated carbocycles. The first kappa shape index (κ1) is 17.6. The molecule has 2 atom stereocenters. The van der Waals surface area contributed by atoms with Gasteiger partial charge in [-0.3, -0.25) is 0 Å². The predicted molar refractivity (Wildman–Crippen MR) is 97.8 cm³/mol. The molecule has 0 spiro atoms. The Morgan fingerprint density at radius 2 is 1.96 bits per heavy atom. The molecule has 126 valence electrons. The molecule has 0 bridgehead atoms. The third kappa shape index (κ3) is 5.12. The number of nitrogens with two attached hydrogens (primary N) is 1. The normalized spacial score (nSPS) is 16.6. The Morgan fingerprint density at radius 3 is 2.48 bits per heavy atom. The molecule has 0 saturated heterocycles. The molecular weight excluding hydrogens is 286 g/mol. The van der Waals surface area contributed by atoms with Crippen LogP contribution in [0.4, 0.5) is 5.69 Å². The highest BCUT2D eigenvalue weighted by molar-refractivity contribution is 5.63. The summed E-state index contributed by atoms with van der Waals surface area (Å²) in [6.45, 7) is 11.7. The highest BCUT2D eigenvalue weighted by Gasteiger charge is 2.36. The van der Waals surface area contributed by atoms with E-state index in [-0.39, 0.29) is 5.92 Å². The van der Waals surface area contributed by atoms with Gasteiger partial charge in [0.1, 0.15) is 0 Å². The van der Waals surface area contributed by atoms with E-state index in [0.29, 0.717) is 17.3 Å². The van der Waals surface area contributed by atoms with Crippen molar-refractivity contribution in [2.75, 3.05) is 18.4 Å². The fourth-order valence-corrected chi connectivity index (χ4v) is 2.79. The van der Waals surface area contributed by atoms with Crippen LogP contribution >= 0.6 is 0 Å². The molecule has 0 radical (unpaired) electrons. The summed E-state index contributed by atoms with van der Waals surface area (Å²) in [5.74, 6) is 0.834. The van der Waals surface area contributed by atoms with Gasteiger partial charge < -0.3 is 21.5 Å². The van der Waals surface area contributed by atoms with Gasteiger partial charge in [-0.1, -0.05) is 32.2 Å². The number of aliphatic hydroxyl groups is 1. The van der Waals surface area contributed by atoms with Crippen LogP contribution in [0, 0.1) is 11.8 Å². The second-order valence-corrected chi connectivity index (χ2v) is 6.40. The Morgan fingerprint density at radius 1 is 1.30 bits per heavy atom. The largest absolute Gasteiger partial charge is 0.399 e. The Labute approximate surface area is 139 Å². The van der Waals surface area contributed by atoms with Crippen molar-refractivity contribution in [3.8, 4) is 0 Å². The zero-order valence-corrected chi connectivity index (χ0v) is 14.0. The van der Waals surface area contributed by atoms with Crippen LogP contribution in [0.25, 0.3) is 5.70 Å². The smallest absolute Gasteiger partial charge is 0.0974 e. The lowest BCUT2D eigenvalue weighted by Gasteiger charge is -2.25. The zero-order valence-electron chi connectivity index (χ0n) is 14.0. The molecule has 2 unspecified atom stereocenters. The molecule has 0 aliphatic heterocycles. The average Bonchev–Trinajstić information content (AvgIpc) is 3.36. The van der Waals surface area contributed by atoms with Crippen molar-refractivity contribution < 1.29 is 5.11 Å². The van der Waals surface area contributed by atoms with Gasteiger partial charge in [0.2, 0.25) is 0 Å². The summed E-state index contributed by atoms with van der Waals surface area (Å²) < 4.78 is 0. The van der Waals surface area contributed by atoms with Crippen LogP contribution in [-0.2, 0) is 0 Å². The number of anilines is 1. The molecule has 23 heavy (non-hydrogen) atoms. The van der Waals surface area contributed by atoms with Crippen LogP contribution in [0.3, 0.4) is 0 Å². The molecule has 4 nitrogen and oxygen atoms in total. The summed E-state index contributed by atoms with van der Waals surface area (Å²) in [5.41, 5.74) is 8.67. The van der Waals surface area contributed by atoms with E-state index >= 15 is 0 Å². The summed E-state index contributed by atoms with van der Waals surface area (Å²) >= 11 is 0. The van der Waals surface area contributed by atoms with Crippen LogP contribution < -0.4 is 16.4 Å². The SMILES string of the molecule is C=C(N)c1ccc(NC(=C)C(O)C(CNCCC)C2CC2)cc1. The Balaban J connectivity index is 1.93. The van der Waals surface area contributed by atoms with Gasteiger partial charge in [-0.15, -0.1) is 0 Å². The van der Waals surface area contributed by atoms with E-state index in [1.165, 1.54) is 12.8 Å². The molecule has 4 heteroatoms. The van der Waals surface area contributed by atoms with Gasteiger partial charge in [-0.25, -0.2) is 0 Å². The standard InChI is InChI=1S/C19H29N3O/c1-4-11-21-12-18(16-5-6-16)19(23)14(3)22-17-9-7-15(8-10-17)13(2)20/h7-10,16,18-19,21-23H,2-6,11-12,20H2,1H3. The third-order valence-corrected chi connectivity index (χ3v) is 4.36. The monoisotopic (exact) mass is 315 g/mol. The second-order valence-electron chi connectivity index (χ2n) is 6.40. The lowest BCUT2D eigenvalue weighted by atomic mass is 9.94. The van der Waals surface area contributed by atoms with Crippen molar-refractivity contribution >= 4 is 11.4 Å². The molecule has 1 fully saturated rings. The van der Waals surface area contributed by atoms with E-state index in [1.807, 2.05) is 24.3 Å². The van der Waals surface area contributed by atoms with Gasteiger partial charge in [0.15, 0.2) is 0 Å². The maximum absolute atomic E-state index is 10.7. The molecule has 1 aliphatic carbocycles. The fraction of sp³-hybridized carbons (Fsp3) is 0.474. The first-order chi connectivity index (χ1) is 11.0. The lowest BCUT2D eigenvalue weighted by Crippen LogP contribution is -2.36. The van der Waals surface area contributed by atoms with E-state index in [4.69, 9.17) is 5.73 Å². The van der Waals surface area contributed by atoms with Crippen molar-refractivity contribution in [2.24, 2.45) is 17.6 Å². The summed E-state index contributed by atoms with van der Waals surface area (Å²) in [6.07, 6.45) is 2.97. The Bertz CT molecular complexity index is 534. The van der Waals surface area contributed by atoms with Crippen molar-refractivity contribution in [1.82, 2.24) is 5.32 Å². The molecule has 1 aliphatic rings. The topological polar surface area (TPSA) is 70.3 Å². The van der Waals surface area contributed by atoms with Crippen LogP contribution in [0.2, 0.25) is 0 Å². The lowest BCUT2D eigenvalue weighted by molar-refractivity contribution is 0.128. The number of hydrogen-bond acceptors (Lipinski definition) is 4. The third-order valence-electron chi connectivity index (χ3n) is 4.36. The average molecular weight is 315 g/mol. The van der Waals surface area contributed by atoms with E-state index < -0.39 is 6.10 Å². The number of aliphatic hydroxyl groups excluding tert-OH is 1. The minimum atomic E-state index is -0.545. The predicted octanol–water partition coefficient (Wildman–Crippen LogP) is 2.93. The number of rotatable bonds is 10. The summed E-state index contributed by atoms with van der Waals surface area (Å²) in [5, 5.41) is 17.3. The van der Waals surface area contributed by atoms with Crippen LogP contribution in [-0.4, -0.2) is 24.3 Å². The maximum atomic E-state index is 10.7. The number of hydrogen-bond donors (Lipinski definition) is 4. The van der Waals surface area contributed by atoms with Crippen LogP contribution in [0.15, 0.2) is 43.1 Å². The quantitative estimate of drug-likeness (QED) is 0.501. The Hall–Kier alpha value is -1.78. The highest BCUT2D eigenvalue weighted by atomic mass is 16.3. The van der Waals surface area contributed by atoms with E-state index in [9.17, 15) is 5.11 Å². The molecule has 5 N–H and O–H groups in total. The van der Waals surface area contributed by atoms with Gasteiger partial charge in [0.05, 0.1) is 6.10 Å². The van der Waals surface area contributed by atoms with Crippen molar-refractivity contribution in [1.29, 1.82) is 0 Å². The van der Waals surface area contributed by atoms with Crippen LogP contribution in [0.5, 0.6) is 0 Å². The first-order valence-corrected chi connectivity index (χ1v) is 8.42. The summed E-state index contributed by atoms with van der Waals surface area (Å²) in [4.78, 5) is 0. The van der Waals surface area contributed by atoms with Gasteiger partial charge in [-0.2, -0.15) is 0 Å². The van der Waals surface area contributed by atoms with Gasteiger partial charge >= 0.3 is 0 Å². The first-order valence-electron chi connectivity index (χ1n) is 8.42. The number of benzene rings is 1. The molecule has 2 rings (SSSR count). The fourth-order valence-electron chi connectivity index (χ4n) is 2.79. The molecule has 0 amide bonds. The van der Waals surface area contributed by atoms with Crippen molar-refractivity contribution in [3.05, 3.63) is 48.7 Å². The Kier molecular flexibility index (Phi) is 6.25. The second kappa shape index (κ2) is 8.18.